The second-order valence-electron chi connectivity index (χ2n) is 7.93. The highest BCUT2D eigenvalue weighted by Crippen LogP contribution is 2.21. The number of unbranched alkanes of at least 4 members (excludes halogenated alkanes) is 1. The summed E-state index contributed by atoms with van der Waals surface area (Å²) in [7, 11) is 1.60. The van der Waals surface area contributed by atoms with Gasteiger partial charge in [0, 0.05) is 23.0 Å². The topological polar surface area (TPSA) is 90.5 Å². The summed E-state index contributed by atoms with van der Waals surface area (Å²) in [5.74, 6) is 0.852. The van der Waals surface area contributed by atoms with Crippen LogP contribution in [0.4, 0.5) is 5.69 Å². The van der Waals surface area contributed by atoms with Gasteiger partial charge in [-0.15, -0.1) is 5.10 Å². The molecule has 0 aliphatic rings. The third-order valence-corrected chi connectivity index (χ3v) is 5.39. The predicted molar refractivity (Wildman–Crippen MR) is 128 cm³/mol. The van der Waals surface area contributed by atoms with Crippen LogP contribution < -0.4 is 15.7 Å². The number of amides is 1. The molecule has 0 saturated carbocycles. The average Bonchev–Trinajstić information content (AvgIpc) is 3.12. The minimum absolute atomic E-state index is 0.195. The Bertz CT molecular complexity index is 1320. The number of nitrogens with zero attached hydrogens (tertiary/aromatic N) is 4. The Morgan fingerprint density at radius 3 is 2.48 bits per heavy atom. The molecule has 33 heavy (non-hydrogen) atoms. The number of anilines is 1. The predicted octanol–water partition coefficient (Wildman–Crippen LogP) is 3.86. The van der Waals surface area contributed by atoms with Crippen molar-refractivity contribution in [3.05, 3.63) is 76.3 Å². The van der Waals surface area contributed by atoms with E-state index in [1.54, 1.807) is 13.2 Å². The fourth-order valence-electron chi connectivity index (χ4n) is 3.66. The van der Waals surface area contributed by atoms with E-state index in [1.165, 1.54) is 9.96 Å². The summed E-state index contributed by atoms with van der Waals surface area (Å²) in [6.45, 7) is 3.81. The highest BCUT2D eigenvalue weighted by molar-refractivity contribution is 5.90. The lowest BCUT2D eigenvalue weighted by Crippen LogP contribution is -2.28. The van der Waals surface area contributed by atoms with Crippen molar-refractivity contribution in [1.29, 1.82) is 0 Å². The molecule has 2 aromatic carbocycles. The van der Waals surface area contributed by atoms with Crippen LogP contribution in [0.2, 0.25) is 0 Å². The van der Waals surface area contributed by atoms with Crippen molar-refractivity contribution in [2.75, 3.05) is 12.4 Å². The van der Waals surface area contributed by atoms with Gasteiger partial charge in [-0.3, -0.25) is 4.79 Å². The summed E-state index contributed by atoms with van der Waals surface area (Å²) in [6.07, 6.45) is 3.29. The first kappa shape index (κ1) is 22.3. The van der Waals surface area contributed by atoms with Crippen molar-refractivity contribution in [2.45, 2.75) is 39.7 Å². The standard InChI is InChI=1S/C25H27N5O3/c1-4-5-6-18-7-11-20(12-8-18)27-23(31)16-29-25(32)30-22(28-29)15-17(2)26-24(30)19-9-13-21(33-3)14-10-19/h7-15H,4-6,16H2,1-3H3,(H,27,31). The van der Waals surface area contributed by atoms with Crippen molar-refractivity contribution in [3.63, 3.8) is 0 Å². The number of fused-ring (bicyclic) bond motifs is 1. The first-order chi connectivity index (χ1) is 16.0. The van der Waals surface area contributed by atoms with Crippen LogP contribution in [0, 0.1) is 6.92 Å². The van der Waals surface area contributed by atoms with E-state index in [4.69, 9.17) is 4.74 Å². The number of aromatic nitrogens is 4. The maximum Gasteiger partial charge on any atom is 0.352 e. The monoisotopic (exact) mass is 445 g/mol. The molecular weight excluding hydrogens is 418 g/mol. The van der Waals surface area contributed by atoms with Gasteiger partial charge in [0.25, 0.3) is 0 Å². The highest BCUT2D eigenvalue weighted by atomic mass is 16.5. The first-order valence-electron chi connectivity index (χ1n) is 11.0. The second kappa shape index (κ2) is 9.68. The summed E-state index contributed by atoms with van der Waals surface area (Å²) in [6, 6.07) is 16.8. The van der Waals surface area contributed by atoms with E-state index in [-0.39, 0.29) is 12.5 Å². The maximum atomic E-state index is 13.1. The number of methoxy groups -OCH3 is 1. The molecule has 8 heteroatoms. The van der Waals surface area contributed by atoms with Crippen molar-refractivity contribution in [1.82, 2.24) is 19.2 Å². The molecular formula is C25H27N5O3. The number of ether oxygens (including phenoxy) is 1. The largest absolute Gasteiger partial charge is 0.497 e. The number of carbonyl (C=O) groups excluding carboxylic acids is 1. The molecule has 2 heterocycles. The van der Waals surface area contributed by atoms with E-state index in [0.29, 0.717) is 22.9 Å². The normalized spacial score (nSPS) is 11.0. The lowest BCUT2D eigenvalue weighted by Gasteiger charge is -2.06. The summed E-state index contributed by atoms with van der Waals surface area (Å²) in [5, 5.41) is 7.20. The Balaban J connectivity index is 1.58. The van der Waals surface area contributed by atoms with Gasteiger partial charge in [-0.2, -0.15) is 0 Å². The first-order valence-corrected chi connectivity index (χ1v) is 11.0. The van der Waals surface area contributed by atoms with Gasteiger partial charge >= 0.3 is 5.69 Å². The van der Waals surface area contributed by atoms with E-state index in [2.05, 4.69) is 22.3 Å². The molecule has 1 N–H and O–H groups in total. The third kappa shape index (κ3) is 4.95. The number of nitrogens with one attached hydrogen (secondary N) is 1. The van der Waals surface area contributed by atoms with E-state index in [1.807, 2.05) is 55.5 Å². The smallest absolute Gasteiger partial charge is 0.352 e. The zero-order chi connectivity index (χ0) is 23.4. The summed E-state index contributed by atoms with van der Waals surface area (Å²) in [5.41, 5.74) is 3.41. The van der Waals surface area contributed by atoms with Crippen LogP contribution in [-0.2, 0) is 17.8 Å². The Hall–Kier alpha value is -3.94. The molecule has 0 aliphatic carbocycles. The molecule has 4 rings (SSSR count). The van der Waals surface area contributed by atoms with Gasteiger partial charge < -0.3 is 10.1 Å². The Labute approximate surface area is 191 Å². The Morgan fingerprint density at radius 2 is 1.82 bits per heavy atom. The lowest BCUT2D eigenvalue weighted by molar-refractivity contribution is -0.117. The molecule has 2 aromatic heterocycles. The molecule has 0 fully saturated rings. The van der Waals surface area contributed by atoms with Gasteiger partial charge in [0.2, 0.25) is 5.91 Å². The Morgan fingerprint density at radius 1 is 1.09 bits per heavy atom. The maximum absolute atomic E-state index is 13.1. The number of hydrogen-bond donors (Lipinski definition) is 1. The van der Waals surface area contributed by atoms with E-state index in [9.17, 15) is 9.59 Å². The van der Waals surface area contributed by atoms with Crippen LogP contribution in [-0.4, -0.2) is 32.2 Å². The zero-order valence-corrected chi connectivity index (χ0v) is 19.0. The van der Waals surface area contributed by atoms with Crippen molar-refractivity contribution < 1.29 is 9.53 Å². The van der Waals surface area contributed by atoms with Crippen LogP contribution in [0.15, 0.2) is 59.4 Å². The van der Waals surface area contributed by atoms with Crippen molar-refractivity contribution >= 4 is 17.2 Å². The summed E-state index contributed by atoms with van der Waals surface area (Å²) < 4.78 is 7.79. The molecule has 0 spiro atoms. The molecule has 0 aliphatic heterocycles. The number of benzene rings is 2. The number of rotatable bonds is 8. The zero-order valence-electron chi connectivity index (χ0n) is 19.0. The van der Waals surface area contributed by atoms with E-state index < -0.39 is 5.69 Å². The molecule has 0 unspecified atom stereocenters. The molecule has 0 saturated heterocycles. The fraction of sp³-hybridized carbons (Fsp3) is 0.280. The summed E-state index contributed by atoms with van der Waals surface area (Å²) >= 11 is 0. The molecule has 0 bridgehead atoms. The number of aryl methyl sites for hydroxylation is 2. The summed E-state index contributed by atoms with van der Waals surface area (Å²) in [4.78, 5) is 30.3. The van der Waals surface area contributed by atoms with Gasteiger partial charge in [0.15, 0.2) is 5.65 Å². The quantitative estimate of drug-likeness (QED) is 0.445. The highest BCUT2D eigenvalue weighted by Gasteiger charge is 2.16. The van der Waals surface area contributed by atoms with Crippen LogP contribution in [0.25, 0.3) is 17.0 Å². The van der Waals surface area contributed by atoms with Gasteiger partial charge in [-0.25, -0.2) is 18.9 Å². The van der Waals surface area contributed by atoms with Crippen LogP contribution >= 0.6 is 0 Å². The van der Waals surface area contributed by atoms with Gasteiger partial charge in [0.05, 0.1) is 7.11 Å². The van der Waals surface area contributed by atoms with Gasteiger partial charge in [-0.1, -0.05) is 25.5 Å². The number of carbonyl (C=O) groups is 1. The molecule has 0 radical (unpaired) electrons. The SMILES string of the molecule is CCCCc1ccc(NC(=O)Cn2nc3cc(C)nc(-c4ccc(OC)cc4)n3c2=O)cc1. The minimum Gasteiger partial charge on any atom is -0.497 e. The van der Waals surface area contributed by atoms with Crippen molar-refractivity contribution in [3.8, 4) is 17.1 Å². The average molecular weight is 446 g/mol. The number of hydrogen-bond acceptors (Lipinski definition) is 5. The van der Waals surface area contributed by atoms with Gasteiger partial charge in [-0.05, 0) is 61.7 Å². The third-order valence-electron chi connectivity index (χ3n) is 5.39. The lowest BCUT2D eigenvalue weighted by atomic mass is 10.1. The molecule has 170 valence electrons. The fourth-order valence-corrected chi connectivity index (χ4v) is 3.66. The molecule has 4 aromatic rings. The van der Waals surface area contributed by atoms with Crippen LogP contribution in [0.5, 0.6) is 5.75 Å². The molecule has 0 atom stereocenters. The van der Waals surface area contributed by atoms with E-state index >= 15 is 0 Å². The van der Waals surface area contributed by atoms with Crippen LogP contribution in [0.3, 0.4) is 0 Å². The molecule has 8 nitrogen and oxygen atoms in total. The minimum atomic E-state index is -0.423. The van der Waals surface area contributed by atoms with Gasteiger partial charge in [0.1, 0.15) is 18.1 Å². The Kier molecular flexibility index (Phi) is 6.53. The van der Waals surface area contributed by atoms with E-state index in [0.717, 1.165) is 35.2 Å². The van der Waals surface area contributed by atoms with Crippen molar-refractivity contribution in [2.24, 2.45) is 0 Å². The second-order valence-corrected chi connectivity index (χ2v) is 7.93. The van der Waals surface area contributed by atoms with Crippen LogP contribution in [0.1, 0.15) is 31.0 Å². The molecule has 1 amide bonds.